The second kappa shape index (κ2) is 4.92. The summed E-state index contributed by atoms with van der Waals surface area (Å²) in [4.78, 5) is 10.4. The van der Waals surface area contributed by atoms with E-state index in [4.69, 9.17) is 5.73 Å². The first-order valence-electron chi connectivity index (χ1n) is 5.48. The number of aryl methyl sites for hydroxylation is 1. The predicted molar refractivity (Wildman–Crippen MR) is 65.5 cm³/mol. The van der Waals surface area contributed by atoms with Crippen LogP contribution in [0.2, 0.25) is 0 Å². The maximum Gasteiger partial charge on any atom is 0.271 e. The Morgan fingerprint density at radius 3 is 2.94 bits per heavy atom. The van der Waals surface area contributed by atoms with Crippen LogP contribution in [-0.4, -0.2) is 26.5 Å². The molecule has 7 heteroatoms. The number of aromatic nitrogens is 3. The van der Waals surface area contributed by atoms with Gasteiger partial charge >= 0.3 is 0 Å². The van der Waals surface area contributed by atoms with Crippen LogP contribution in [0.1, 0.15) is 11.3 Å². The highest BCUT2D eigenvalue weighted by Gasteiger charge is 2.13. The lowest BCUT2D eigenvalue weighted by atomic mass is 10.1. The summed E-state index contributed by atoms with van der Waals surface area (Å²) in [5, 5.41) is 18.6. The fraction of sp³-hybridized carbons (Fsp3) is 0.273. The van der Waals surface area contributed by atoms with E-state index in [-0.39, 0.29) is 5.69 Å². The minimum absolute atomic E-state index is 0.0322. The lowest BCUT2D eigenvalue weighted by Gasteiger charge is -2.08. The van der Waals surface area contributed by atoms with E-state index in [1.54, 1.807) is 16.9 Å². The van der Waals surface area contributed by atoms with Crippen LogP contribution < -0.4 is 5.73 Å². The summed E-state index contributed by atoms with van der Waals surface area (Å²) >= 11 is 0. The van der Waals surface area contributed by atoms with Crippen LogP contribution in [0.25, 0.3) is 5.69 Å². The van der Waals surface area contributed by atoms with E-state index in [1.807, 2.05) is 6.92 Å². The molecule has 1 heterocycles. The minimum Gasteiger partial charge on any atom is -0.330 e. The van der Waals surface area contributed by atoms with Gasteiger partial charge in [-0.1, -0.05) is 11.3 Å². The molecule has 0 amide bonds. The molecule has 0 bridgehead atoms. The van der Waals surface area contributed by atoms with E-state index in [0.717, 1.165) is 11.3 Å². The molecule has 0 saturated heterocycles. The molecule has 0 atom stereocenters. The van der Waals surface area contributed by atoms with Crippen molar-refractivity contribution in [2.45, 2.75) is 13.3 Å². The zero-order chi connectivity index (χ0) is 13.1. The smallest absolute Gasteiger partial charge is 0.271 e. The number of hydrogen-bond acceptors (Lipinski definition) is 5. The summed E-state index contributed by atoms with van der Waals surface area (Å²) in [6, 6.07) is 4.66. The molecule has 0 radical (unpaired) electrons. The Bertz CT molecular complexity index is 579. The molecule has 0 aliphatic rings. The molecule has 0 spiro atoms. The normalized spacial score (nSPS) is 10.6. The molecular weight excluding hydrogens is 234 g/mol. The van der Waals surface area contributed by atoms with Crippen molar-refractivity contribution in [1.82, 2.24) is 15.0 Å². The third-order valence-corrected chi connectivity index (χ3v) is 2.65. The molecule has 18 heavy (non-hydrogen) atoms. The van der Waals surface area contributed by atoms with Gasteiger partial charge in [0.2, 0.25) is 0 Å². The molecule has 94 valence electrons. The SMILES string of the molecule is Cc1ccc([N+](=O)[O-])cc1-n1nncc1CCN. The number of hydrogen-bond donors (Lipinski definition) is 1. The number of benzene rings is 1. The van der Waals surface area contributed by atoms with Gasteiger partial charge in [-0.05, 0) is 19.0 Å². The summed E-state index contributed by atoms with van der Waals surface area (Å²) in [6.45, 7) is 2.34. The quantitative estimate of drug-likeness (QED) is 0.641. The van der Waals surface area contributed by atoms with Crippen LogP contribution in [0, 0.1) is 17.0 Å². The van der Waals surface area contributed by atoms with Crippen LogP contribution in [-0.2, 0) is 6.42 Å². The molecule has 0 aliphatic carbocycles. The van der Waals surface area contributed by atoms with Gasteiger partial charge < -0.3 is 5.73 Å². The highest BCUT2D eigenvalue weighted by molar-refractivity contribution is 5.48. The second-order valence-corrected chi connectivity index (χ2v) is 3.90. The van der Waals surface area contributed by atoms with Crippen LogP contribution >= 0.6 is 0 Å². The van der Waals surface area contributed by atoms with Gasteiger partial charge in [-0.15, -0.1) is 5.10 Å². The maximum absolute atomic E-state index is 10.8. The van der Waals surface area contributed by atoms with Gasteiger partial charge in [-0.3, -0.25) is 10.1 Å². The van der Waals surface area contributed by atoms with Crippen molar-refractivity contribution in [3.05, 3.63) is 45.8 Å². The van der Waals surface area contributed by atoms with Crippen molar-refractivity contribution in [2.24, 2.45) is 5.73 Å². The van der Waals surface area contributed by atoms with Gasteiger partial charge in [0.15, 0.2) is 0 Å². The minimum atomic E-state index is -0.428. The summed E-state index contributed by atoms with van der Waals surface area (Å²) < 4.78 is 1.59. The number of non-ortho nitro benzene ring substituents is 1. The van der Waals surface area contributed by atoms with Gasteiger partial charge in [-0.25, -0.2) is 4.68 Å². The first kappa shape index (κ1) is 12.2. The molecule has 0 saturated carbocycles. The zero-order valence-corrected chi connectivity index (χ0v) is 9.91. The topological polar surface area (TPSA) is 99.9 Å². The summed E-state index contributed by atoms with van der Waals surface area (Å²) in [5.41, 5.74) is 7.92. The zero-order valence-electron chi connectivity index (χ0n) is 9.91. The predicted octanol–water partition coefficient (Wildman–Crippen LogP) is 0.985. The number of nitro groups is 1. The van der Waals surface area contributed by atoms with Gasteiger partial charge in [0, 0.05) is 18.6 Å². The van der Waals surface area contributed by atoms with Gasteiger partial charge in [-0.2, -0.15) is 0 Å². The molecule has 1 aromatic carbocycles. The van der Waals surface area contributed by atoms with Crippen molar-refractivity contribution >= 4 is 5.69 Å². The lowest BCUT2D eigenvalue weighted by molar-refractivity contribution is -0.384. The molecule has 2 N–H and O–H groups in total. The number of rotatable bonds is 4. The molecule has 1 aromatic heterocycles. The standard InChI is InChI=1S/C11H13N5O2/c1-8-2-3-9(16(17)18)6-11(8)15-10(4-5-12)7-13-14-15/h2-3,6-7H,4-5,12H2,1H3. The van der Waals surface area contributed by atoms with E-state index in [1.165, 1.54) is 12.1 Å². The van der Waals surface area contributed by atoms with Crippen LogP contribution in [0.15, 0.2) is 24.4 Å². The Morgan fingerprint density at radius 2 is 2.28 bits per heavy atom. The number of nitro benzene ring substituents is 1. The third kappa shape index (κ3) is 2.21. The molecule has 2 aromatic rings. The fourth-order valence-electron chi connectivity index (χ4n) is 1.72. The van der Waals surface area contributed by atoms with Crippen LogP contribution in [0.3, 0.4) is 0 Å². The van der Waals surface area contributed by atoms with Crippen molar-refractivity contribution in [1.29, 1.82) is 0 Å². The Morgan fingerprint density at radius 1 is 1.50 bits per heavy atom. The summed E-state index contributed by atoms with van der Waals surface area (Å²) in [6.07, 6.45) is 2.24. The highest BCUT2D eigenvalue weighted by atomic mass is 16.6. The number of nitrogens with zero attached hydrogens (tertiary/aromatic N) is 4. The molecule has 0 aliphatic heterocycles. The van der Waals surface area contributed by atoms with Gasteiger partial charge in [0.25, 0.3) is 5.69 Å². The van der Waals surface area contributed by atoms with Crippen LogP contribution in [0.5, 0.6) is 0 Å². The largest absolute Gasteiger partial charge is 0.330 e. The molecular formula is C11H13N5O2. The monoisotopic (exact) mass is 247 g/mol. The Labute approximate surface area is 103 Å². The van der Waals surface area contributed by atoms with Crippen molar-refractivity contribution in [3.63, 3.8) is 0 Å². The van der Waals surface area contributed by atoms with E-state index in [9.17, 15) is 10.1 Å². The third-order valence-electron chi connectivity index (χ3n) is 2.65. The molecule has 7 nitrogen and oxygen atoms in total. The Hall–Kier alpha value is -2.28. The average molecular weight is 247 g/mol. The van der Waals surface area contributed by atoms with Crippen molar-refractivity contribution in [3.8, 4) is 5.69 Å². The first-order valence-corrected chi connectivity index (χ1v) is 5.48. The molecule has 0 unspecified atom stereocenters. The van der Waals surface area contributed by atoms with Gasteiger partial charge in [0.05, 0.1) is 22.5 Å². The van der Waals surface area contributed by atoms with E-state index in [2.05, 4.69) is 10.3 Å². The molecule has 2 rings (SSSR count). The Kier molecular flexibility index (Phi) is 3.33. The summed E-state index contributed by atoms with van der Waals surface area (Å²) in [7, 11) is 0. The fourth-order valence-corrected chi connectivity index (χ4v) is 1.72. The van der Waals surface area contributed by atoms with E-state index < -0.39 is 4.92 Å². The van der Waals surface area contributed by atoms with E-state index in [0.29, 0.717) is 18.7 Å². The molecule has 0 fully saturated rings. The van der Waals surface area contributed by atoms with Crippen molar-refractivity contribution in [2.75, 3.05) is 6.54 Å². The van der Waals surface area contributed by atoms with Gasteiger partial charge in [0.1, 0.15) is 0 Å². The highest BCUT2D eigenvalue weighted by Crippen LogP contribution is 2.21. The first-order chi connectivity index (χ1) is 8.63. The lowest BCUT2D eigenvalue weighted by Crippen LogP contribution is -2.10. The van der Waals surface area contributed by atoms with Crippen molar-refractivity contribution < 1.29 is 4.92 Å². The maximum atomic E-state index is 10.8. The van der Waals surface area contributed by atoms with Crippen LogP contribution in [0.4, 0.5) is 5.69 Å². The summed E-state index contributed by atoms with van der Waals surface area (Å²) in [5.74, 6) is 0. The Balaban J connectivity index is 2.52. The average Bonchev–Trinajstić information content (AvgIpc) is 2.78. The number of nitrogens with two attached hydrogens (primary N) is 1. The van der Waals surface area contributed by atoms with E-state index >= 15 is 0 Å². The second-order valence-electron chi connectivity index (χ2n) is 3.90.